The van der Waals surface area contributed by atoms with Gasteiger partial charge in [0.2, 0.25) is 0 Å². The zero-order chi connectivity index (χ0) is 15.1. The van der Waals surface area contributed by atoms with Gasteiger partial charge in [-0.05, 0) is 24.6 Å². The highest BCUT2D eigenvalue weighted by atomic mass is 32.1. The summed E-state index contributed by atoms with van der Waals surface area (Å²) in [7, 11) is 0. The summed E-state index contributed by atoms with van der Waals surface area (Å²) in [4.78, 5) is 14.5. The molecule has 112 valence electrons. The summed E-state index contributed by atoms with van der Waals surface area (Å²) in [5, 5.41) is 3.30. The number of carbonyl (C=O) groups excluding carboxylic acids is 1. The van der Waals surface area contributed by atoms with Crippen LogP contribution in [0.15, 0.2) is 42.5 Å². The summed E-state index contributed by atoms with van der Waals surface area (Å²) in [5.74, 6) is -0.302. The maximum atomic E-state index is 11.9. The van der Waals surface area contributed by atoms with Crippen molar-refractivity contribution >= 4 is 17.3 Å². The van der Waals surface area contributed by atoms with E-state index in [0.29, 0.717) is 13.2 Å². The molecule has 1 heterocycles. The first-order chi connectivity index (χ1) is 10.1. The van der Waals surface area contributed by atoms with Gasteiger partial charge in [0.25, 0.3) is 0 Å². The minimum absolute atomic E-state index is 0.144. The van der Waals surface area contributed by atoms with Crippen LogP contribution in [-0.2, 0) is 22.7 Å². The maximum absolute atomic E-state index is 11.9. The maximum Gasteiger partial charge on any atom is 0.310 e. The van der Waals surface area contributed by atoms with E-state index in [0.717, 1.165) is 12.1 Å². The zero-order valence-electron chi connectivity index (χ0n) is 12.5. The minimum atomic E-state index is -0.159. The lowest BCUT2D eigenvalue weighted by atomic mass is 10.2. The quantitative estimate of drug-likeness (QED) is 0.795. The van der Waals surface area contributed by atoms with Crippen LogP contribution in [0.4, 0.5) is 0 Å². The Kier molecular flexibility index (Phi) is 5.96. The van der Waals surface area contributed by atoms with Crippen LogP contribution < -0.4 is 5.32 Å². The van der Waals surface area contributed by atoms with Gasteiger partial charge in [-0.2, -0.15) is 0 Å². The number of hydrogen-bond donors (Lipinski definition) is 1. The van der Waals surface area contributed by atoms with Crippen molar-refractivity contribution in [2.75, 3.05) is 6.54 Å². The Morgan fingerprint density at radius 2 is 2.00 bits per heavy atom. The molecule has 1 unspecified atom stereocenters. The van der Waals surface area contributed by atoms with Gasteiger partial charge in [0.05, 0.1) is 5.92 Å². The van der Waals surface area contributed by atoms with Crippen LogP contribution in [0.2, 0.25) is 0 Å². The van der Waals surface area contributed by atoms with Gasteiger partial charge >= 0.3 is 5.97 Å². The highest BCUT2D eigenvalue weighted by Crippen LogP contribution is 2.14. The summed E-state index contributed by atoms with van der Waals surface area (Å²) < 4.78 is 5.32. The van der Waals surface area contributed by atoms with Crippen LogP contribution in [-0.4, -0.2) is 12.5 Å². The minimum Gasteiger partial charge on any atom is -0.461 e. The molecule has 0 amide bonds. The molecule has 0 radical (unpaired) electrons. The first-order valence-corrected chi connectivity index (χ1v) is 7.93. The van der Waals surface area contributed by atoms with Crippen LogP contribution in [0.3, 0.4) is 0 Å². The summed E-state index contributed by atoms with van der Waals surface area (Å²) in [6.45, 7) is 5.76. The summed E-state index contributed by atoms with van der Waals surface area (Å²) >= 11 is 1.78. The number of aryl methyl sites for hydroxylation is 1. The lowest BCUT2D eigenvalue weighted by molar-refractivity contribution is -0.149. The van der Waals surface area contributed by atoms with E-state index in [-0.39, 0.29) is 11.9 Å². The number of carbonyl (C=O) groups is 1. The van der Waals surface area contributed by atoms with Gasteiger partial charge in [-0.1, -0.05) is 37.3 Å². The van der Waals surface area contributed by atoms with E-state index in [2.05, 4.69) is 24.4 Å². The first-order valence-electron chi connectivity index (χ1n) is 7.12. The molecule has 1 atom stereocenters. The summed E-state index contributed by atoms with van der Waals surface area (Å²) in [6, 6.07) is 14.0. The SMILES string of the molecule is Cc1ccc(CNCC(C)C(=O)OCc2ccccc2)s1. The Morgan fingerprint density at radius 1 is 1.24 bits per heavy atom. The third kappa shape index (κ3) is 5.33. The molecule has 0 aliphatic heterocycles. The Bertz CT molecular complexity index is 565. The van der Waals surface area contributed by atoms with Crippen LogP contribution in [0.25, 0.3) is 0 Å². The van der Waals surface area contributed by atoms with E-state index in [1.807, 2.05) is 37.3 Å². The standard InChI is InChI=1S/C17H21NO2S/c1-13(10-18-11-16-9-8-14(2)21-16)17(19)20-12-15-6-4-3-5-7-15/h3-9,13,18H,10-12H2,1-2H3. The second-order valence-corrected chi connectivity index (χ2v) is 6.51. The molecule has 0 spiro atoms. The predicted molar refractivity (Wildman–Crippen MR) is 86.2 cm³/mol. The van der Waals surface area contributed by atoms with Crippen molar-refractivity contribution in [1.82, 2.24) is 5.32 Å². The molecule has 21 heavy (non-hydrogen) atoms. The normalized spacial score (nSPS) is 12.1. The van der Waals surface area contributed by atoms with Gasteiger partial charge in [0.15, 0.2) is 0 Å². The molecule has 4 heteroatoms. The molecule has 1 aromatic heterocycles. The van der Waals surface area contributed by atoms with Gasteiger partial charge in [-0.15, -0.1) is 11.3 Å². The number of ether oxygens (including phenoxy) is 1. The monoisotopic (exact) mass is 303 g/mol. The number of esters is 1. The smallest absolute Gasteiger partial charge is 0.310 e. The lowest BCUT2D eigenvalue weighted by Gasteiger charge is -2.12. The molecule has 2 aromatic rings. The molecule has 1 N–H and O–H groups in total. The van der Waals surface area contributed by atoms with Crippen LogP contribution in [0, 0.1) is 12.8 Å². The lowest BCUT2D eigenvalue weighted by Crippen LogP contribution is -2.27. The van der Waals surface area contributed by atoms with E-state index in [9.17, 15) is 4.79 Å². The van der Waals surface area contributed by atoms with E-state index in [1.165, 1.54) is 9.75 Å². The molecule has 3 nitrogen and oxygen atoms in total. The fourth-order valence-electron chi connectivity index (χ4n) is 1.95. The van der Waals surface area contributed by atoms with Crippen molar-refractivity contribution in [3.05, 3.63) is 57.8 Å². The Hall–Kier alpha value is -1.65. The average Bonchev–Trinajstić information content (AvgIpc) is 2.91. The summed E-state index contributed by atoms with van der Waals surface area (Å²) in [5.41, 5.74) is 1.01. The second kappa shape index (κ2) is 7.96. The highest BCUT2D eigenvalue weighted by Gasteiger charge is 2.14. The number of rotatable bonds is 7. The number of thiophene rings is 1. The first kappa shape index (κ1) is 15.7. The Labute approximate surface area is 130 Å². The number of nitrogens with one attached hydrogen (secondary N) is 1. The Morgan fingerprint density at radius 3 is 2.67 bits per heavy atom. The van der Waals surface area contributed by atoms with Crippen molar-refractivity contribution in [1.29, 1.82) is 0 Å². The van der Waals surface area contributed by atoms with Gasteiger partial charge in [0, 0.05) is 22.8 Å². The van der Waals surface area contributed by atoms with Crippen molar-refractivity contribution in [3.8, 4) is 0 Å². The molecule has 0 fully saturated rings. The van der Waals surface area contributed by atoms with Gasteiger partial charge in [0.1, 0.15) is 6.61 Å². The molecule has 0 aliphatic carbocycles. The van der Waals surface area contributed by atoms with Crippen molar-refractivity contribution in [2.45, 2.75) is 27.0 Å². The molecular weight excluding hydrogens is 282 g/mol. The van der Waals surface area contributed by atoms with E-state index in [4.69, 9.17) is 4.74 Å². The molecule has 0 saturated heterocycles. The fourth-order valence-corrected chi connectivity index (χ4v) is 2.81. The molecule has 2 rings (SSSR count). The third-order valence-corrected chi connectivity index (χ3v) is 4.17. The molecule has 1 aromatic carbocycles. The third-order valence-electron chi connectivity index (χ3n) is 3.17. The highest BCUT2D eigenvalue weighted by molar-refractivity contribution is 7.11. The number of benzene rings is 1. The molecule has 0 saturated carbocycles. The molecule has 0 aliphatic rings. The summed E-state index contributed by atoms with van der Waals surface area (Å²) in [6.07, 6.45) is 0. The average molecular weight is 303 g/mol. The van der Waals surface area contributed by atoms with Gasteiger partial charge in [-0.3, -0.25) is 4.79 Å². The fraction of sp³-hybridized carbons (Fsp3) is 0.353. The largest absolute Gasteiger partial charge is 0.461 e. The van der Waals surface area contributed by atoms with Crippen LogP contribution in [0.1, 0.15) is 22.2 Å². The van der Waals surface area contributed by atoms with Gasteiger partial charge in [-0.25, -0.2) is 0 Å². The zero-order valence-corrected chi connectivity index (χ0v) is 13.3. The van der Waals surface area contributed by atoms with Crippen LogP contribution in [0.5, 0.6) is 0 Å². The Balaban J connectivity index is 1.67. The molecular formula is C17H21NO2S. The van der Waals surface area contributed by atoms with Crippen molar-refractivity contribution in [2.24, 2.45) is 5.92 Å². The van der Waals surface area contributed by atoms with Crippen molar-refractivity contribution in [3.63, 3.8) is 0 Å². The van der Waals surface area contributed by atoms with Gasteiger partial charge < -0.3 is 10.1 Å². The predicted octanol–water partition coefficient (Wildman–Crippen LogP) is 3.53. The van der Waals surface area contributed by atoms with Crippen LogP contribution >= 0.6 is 11.3 Å². The van der Waals surface area contributed by atoms with E-state index >= 15 is 0 Å². The van der Waals surface area contributed by atoms with E-state index in [1.54, 1.807) is 11.3 Å². The molecule has 0 bridgehead atoms. The number of hydrogen-bond acceptors (Lipinski definition) is 4. The second-order valence-electron chi connectivity index (χ2n) is 5.14. The topological polar surface area (TPSA) is 38.3 Å². The van der Waals surface area contributed by atoms with Crippen molar-refractivity contribution < 1.29 is 9.53 Å². The van der Waals surface area contributed by atoms with E-state index < -0.39 is 0 Å².